The van der Waals surface area contributed by atoms with Crippen LogP contribution >= 0.6 is 11.8 Å². The number of halogens is 1. The van der Waals surface area contributed by atoms with Crippen LogP contribution in [0.25, 0.3) is 0 Å². The van der Waals surface area contributed by atoms with E-state index in [2.05, 4.69) is 4.72 Å². The molecule has 0 saturated carbocycles. The van der Waals surface area contributed by atoms with Crippen molar-refractivity contribution >= 4 is 33.2 Å². The highest BCUT2D eigenvalue weighted by atomic mass is 32.2. The summed E-state index contributed by atoms with van der Waals surface area (Å²) in [6.45, 7) is 0. The maximum absolute atomic E-state index is 12.9. The zero-order valence-corrected chi connectivity index (χ0v) is 12.3. The molecule has 0 unspecified atom stereocenters. The first kappa shape index (κ1) is 14.7. The number of benzene rings is 2. The number of nitrogen functional groups attached to an aromatic ring is 1. The van der Waals surface area contributed by atoms with Crippen molar-refractivity contribution in [1.29, 1.82) is 0 Å². The lowest BCUT2D eigenvalue weighted by Crippen LogP contribution is -2.14. The highest BCUT2D eigenvalue weighted by molar-refractivity contribution is 7.98. The van der Waals surface area contributed by atoms with Crippen molar-refractivity contribution in [1.82, 2.24) is 0 Å². The average Bonchev–Trinajstić information content (AvgIpc) is 2.38. The third kappa shape index (κ3) is 3.23. The molecule has 2 rings (SSSR count). The van der Waals surface area contributed by atoms with Gasteiger partial charge in [-0.3, -0.25) is 4.72 Å². The number of hydrogen-bond donors (Lipinski definition) is 2. The molecule has 0 heterocycles. The minimum atomic E-state index is -3.83. The number of sulfonamides is 1. The third-order valence-corrected chi connectivity index (χ3v) is 4.80. The van der Waals surface area contributed by atoms with E-state index in [-0.39, 0.29) is 10.6 Å². The monoisotopic (exact) mass is 312 g/mol. The number of nitrogens with two attached hydrogens (primary N) is 1. The number of rotatable bonds is 4. The first-order chi connectivity index (χ1) is 9.42. The smallest absolute Gasteiger partial charge is 0.263 e. The number of anilines is 2. The van der Waals surface area contributed by atoms with Gasteiger partial charge in [0.05, 0.1) is 5.69 Å². The molecule has 2 aromatic rings. The standard InChI is InChI=1S/C13H13FN2O2S2/c1-19-11-5-3-10(4-6-11)16-20(17,18)13-7-2-9(14)8-12(13)15/h2-8,16H,15H2,1H3. The van der Waals surface area contributed by atoms with Crippen LogP contribution in [0, 0.1) is 5.82 Å². The molecule has 0 aromatic heterocycles. The Balaban J connectivity index is 2.30. The molecule has 0 aliphatic carbocycles. The topological polar surface area (TPSA) is 72.2 Å². The van der Waals surface area contributed by atoms with E-state index in [1.807, 2.05) is 6.26 Å². The summed E-state index contributed by atoms with van der Waals surface area (Å²) in [5.74, 6) is -0.578. The summed E-state index contributed by atoms with van der Waals surface area (Å²) in [5.41, 5.74) is 5.84. The SMILES string of the molecule is CSc1ccc(NS(=O)(=O)c2ccc(F)cc2N)cc1. The van der Waals surface area contributed by atoms with Crippen molar-refractivity contribution in [3.63, 3.8) is 0 Å². The summed E-state index contributed by atoms with van der Waals surface area (Å²) in [6.07, 6.45) is 1.93. The van der Waals surface area contributed by atoms with Gasteiger partial charge in [0, 0.05) is 10.6 Å². The van der Waals surface area contributed by atoms with E-state index < -0.39 is 15.8 Å². The molecule has 2 aromatic carbocycles. The molecule has 0 aliphatic rings. The first-order valence-corrected chi connectivity index (χ1v) is 8.35. The van der Waals surface area contributed by atoms with Crippen LogP contribution in [-0.4, -0.2) is 14.7 Å². The highest BCUT2D eigenvalue weighted by Crippen LogP contribution is 2.23. The number of nitrogens with one attached hydrogen (secondary N) is 1. The molecular formula is C13H13FN2O2S2. The van der Waals surface area contributed by atoms with E-state index in [1.54, 1.807) is 36.0 Å². The highest BCUT2D eigenvalue weighted by Gasteiger charge is 2.17. The van der Waals surface area contributed by atoms with Crippen molar-refractivity contribution < 1.29 is 12.8 Å². The van der Waals surface area contributed by atoms with Crippen LogP contribution in [0.15, 0.2) is 52.3 Å². The average molecular weight is 312 g/mol. The lowest BCUT2D eigenvalue weighted by molar-refractivity contribution is 0.600. The fourth-order valence-electron chi connectivity index (χ4n) is 1.63. The van der Waals surface area contributed by atoms with Gasteiger partial charge in [0.15, 0.2) is 0 Å². The van der Waals surface area contributed by atoms with Gasteiger partial charge in [-0.15, -0.1) is 11.8 Å². The molecule has 106 valence electrons. The minimum Gasteiger partial charge on any atom is -0.398 e. The van der Waals surface area contributed by atoms with Gasteiger partial charge >= 0.3 is 0 Å². The predicted molar refractivity (Wildman–Crippen MR) is 79.8 cm³/mol. The zero-order valence-electron chi connectivity index (χ0n) is 10.6. The van der Waals surface area contributed by atoms with Crippen molar-refractivity contribution in [2.75, 3.05) is 16.7 Å². The van der Waals surface area contributed by atoms with E-state index in [4.69, 9.17) is 5.73 Å². The molecule has 0 spiro atoms. The van der Waals surface area contributed by atoms with Crippen LogP contribution in [0.2, 0.25) is 0 Å². The van der Waals surface area contributed by atoms with Crippen LogP contribution in [0.4, 0.5) is 15.8 Å². The summed E-state index contributed by atoms with van der Waals surface area (Å²) in [7, 11) is -3.83. The molecule has 0 amide bonds. The fourth-order valence-corrected chi connectivity index (χ4v) is 3.21. The van der Waals surface area contributed by atoms with Crippen molar-refractivity contribution in [2.45, 2.75) is 9.79 Å². The quantitative estimate of drug-likeness (QED) is 0.672. The van der Waals surface area contributed by atoms with Crippen molar-refractivity contribution in [3.8, 4) is 0 Å². The minimum absolute atomic E-state index is 0.127. The van der Waals surface area contributed by atoms with Gasteiger partial charge in [-0.25, -0.2) is 12.8 Å². The van der Waals surface area contributed by atoms with Crippen LogP contribution in [-0.2, 0) is 10.0 Å². The summed E-state index contributed by atoms with van der Waals surface area (Å²) in [4.78, 5) is 0.877. The summed E-state index contributed by atoms with van der Waals surface area (Å²) >= 11 is 1.56. The van der Waals surface area contributed by atoms with Gasteiger partial charge < -0.3 is 5.73 Å². The van der Waals surface area contributed by atoms with Crippen LogP contribution in [0.5, 0.6) is 0 Å². The van der Waals surface area contributed by atoms with E-state index in [9.17, 15) is 12.8 Å². The molecule has 0 saturated heterocycles. The number of hydrogen-bond acceptors (Lipinski definition) is 4. The molecule has 0 radical (unpaired) electrons. The van der Waals surface area contributed by atoms with Gasteiger partial charge in [-0.2, -0.15) is 0 Å². The maximum atomic E-state index is 12.9. The van der Waals surface area contributed by atoms with Gasteiger partial charge in [0.2, 0.25) is 0 Å². The Bertz CT molecular complexity index is 716. The largest absolute Gasteiger partial charge is 0.398 e. The van der Waals surface area contributed by atoms with Crippen LogP contribution < -0.4 is 10.5 Å². The predicted octanol–water partition coefficient (Wildman–Crippen LogP) is 2.93. The first-order valence-electron chi connectivity index (χ1n) is 5.64. The molecule has 0 aliphatic heterocycles. The Hall–Kier alpha value is -1.73. The Kier molecular flexibility index (Phi) is 4.20. The van der Waals surface area contributed by atoms with Crippen molar-refractivity contribution in [3.05, 3.63) is 48.3 Å². The molecule has 0 fully saturated rings. The normalized spacial score (nSPS) is 11.3. The lowest BCUT2D eigenvalue weighted by atomic mass is 10.3. The third-order valence-electron chi connectivity index (χ3n) is 2.60. The zero-order chi connectivity index (χ0) is 14.8. The molecule has 20 heavy (non-hydrogen) atoms. The van der Waals surface area contributed by atoms with Gasteiger partial charge in [0.1, 0.15) is 10.7 Å². The Morgan fingerprint density at radius 3 is 2.35 bits per heavy atom. The second-order valence-electron chi connectivity index (χ2n) is 4.02. The molecule has 0 atom stereocenters. The van der Waals surface area contributed by atoms with Gasteiger partial charge in [0.25, 0.3) is 10.0 Å². The Morgan fingerprint density at radius 2 is 1.80 bits per heavy atom. The lowest BCUT2D eigenvalue weighted by Gasteiger charge is -2.10. The van der Waals surface area contributed by atoms with Crippen LogP contribution in [0.1, 0.15) is 0 Å². The van der Waals surface area contributed by atoms with Gasteiger partial charge in [-0.05, 0) is 48.7 Å². The summed E-state index contributed by atoms with van der Waals surface area (Å²) in [5, 5.41) is 0. The van der Waals surface area contributed by atoms with E-state index in [0.29, 0.717) is 5.69 Å². The maximum Gasteiger partial charge on any atom is 0.263 e. The van der Waals surface area contributed by atoms with E-state index in [1.165, 1.54) is 0 Å². The molecule has 7 heteroatoms. The Labute approximate surface area is 121 Å². The molecule has 0 bridgehead atoms. The fraction of sp³-hybridized carbons (Fsp3) is 0.0769. The van der Waals surface area contributed by atoms with Crippen molar-refractivity contribution in [2.24, 2.45) is 0 Å². The summed E-state index contributed by atoms with van der Waals surface area (Å²) < 4.78 is 39.7. The van der Waals surface area contributed by atoms with E-state index >= 15 is 0 Å². The van der Waals surface area contributed by atoms with E-state index in [0.717, 1.165) is 23.1 Å². The Morgan fingerprint density at radius 1 is 1.15 bits per heavy atom. The molecular weight excluding hydrogens is 299 g/mol. The second-order valence-corrected chi connectivity index (χ2v) is 6.55. The van der Waals surface area contributed by atoms with Gasteiger partial charge in [-0.1, -0.05) is 0 Å². The second kappa shape index (κ2) is 5.72. The molecule has 4 nitrogen and oxygen atoms in total. The van der Waals surface area contributed by atoms with Crippen LogP contribution in [0.3, 0.4) is 0 Å². The summed E-state index contributed by atoms with van der Waals surface area (Å²) in [6, 6.07) is 10.1. The molecule has 3 N–H and O–H groups in total. The number of thioether (sulfide) groups is 1.